The Hall–Kier alpha value is -1.34. The molecular formula is C16H18IN3S. The van der Waals surface area contributed by atoms with Gasteiger partial charge < -0.3 is 15.5 Å². The lowest BCUT2D eigenvalue weighted by atomic mass is 10.2. The maximum Gasteiger partial charge on any atom is 0.171 e. The molecule has 0 aliphatic heterocycles. The van der Waals surface area contributed by atoms with Gasteiger partial charge in [0.2, 0.25) is 0 Å². The Morgan fingerprint density at radius 2 is 1.86 bits per heavy atom. The second kappa shape index (κ2) is 7.61. The van der Waals surface area contributed by atoms with Gasteiger partial charge in [0, 0.05) is 35.6 Å². The molecule has 5 heteroatoms. The average molecular weight is 411 g/mol. The number of halogens is 1. The minimum Gasteiger partial charge on any atom is -0.378 e. The third kappa shape index (κ3) is 5.17. The van der Waals surface area contributed by atoms with Gasteiger partial charge in [0.15, 0.2) is 5.11 Å². The fourth-order valence-corrected chi connectivity index (χ4v) is 2.65. The molecular weight excluding hydrogens is 393 g/mol. The van der Waals surface area contributed by atoms with Crippen LogP contribution in [-0.4, -0.2) is 19.2 Å². The molecule has 0 saturated heterocycles. The summed E-state index contributed by atoms with van der Waals surface area (Å²) < 4.78 is 1.23. The van der Waals surface area contributed by atoms with Crippen LogP contribution in [0.1, 0.15) is 5.56 Å². The highest BCUT2D eigenvalue weighted by atomic mass is 127. The SMILES string of the molecule is CN(C)c1ccc(NC(=S)NCc2cccc(I)c2)cc1. The predicted molar refractivity (Wildman–Crippen MR) is 103 cm³/mol. The van der Waals surface area contributed by atoms with Crippen LogP contribution in [0, 0.1) is 3.57 Å². The minimum atomic E-state index is 0.631. The smallest absolute Gasteiger partial charge is 0.171 e. The van der Waals surface area contributed by atoms with E-state index in [2.05, 4.69) is 74.5 Å². The molecule has 0 heterocycles. The first kappa shape index (κ1) is 16.0. The summed E-state index contributed by atoms with van der Waals surface area (Å²) in [5, 5.41) is 7.04. The van der Waals surface area contributed by atoms with Crippen molar-refractivity contribution >= 4 is 51.3 Å². The summed E-state index contributed by atoms with van der Waals surface area (Å²) in [4.78, 5) is 2.07. The van der Waals surface area contributed by atoms with E-state index in [1.165, 1.54) is 14.8 Å². The zero-order valence-electron chi connectivity index (χ0n) is 12.1. The van der Waals surface area contributed by atoms with E-state index < -0.39 is 0 Å². The van der Waals surface area contributed by atoms with Crippen molar-refractivity contribution in [1.29, 1.82) is 0 Å². The first-order chi connectivity index (χ1) is 10.0. The normalized spacial score (nSPS) is 10.0. The zero-order valence-corrected chi connectivity index (χ0v) is 15.0. The average Bonchev–Trinajstić information content (AvgIpc) is 2.46. The molecule has 2 N–H and O–H groups in total. The van der Waals surface area contributed by atoms with Crippen molar-refractivity contribution < 1.29 is 0 Å². The van der Waals surface area contributed by atoms with Crippen LogP contribution in [0.4, 0.5) is 11.4 Å². The topological polar surface area (TPSA) is 27.3 Å². The summed E-state index contributed by atoms with van der Waals surface area (Å²) in [5.41, 5.74) is 3.37. The molecule has 0 atom stereocenters. The van der Waals surface area contributed by atoms with Gasteiger partial charge in [-0.25, -0.2) is 0 Å². The van der Waals surface area contributed by atoms with Crippen LogP contribution in [0.15, 0.2) is 48.5 Å². The molecule has 0 radical (unpaired) electrons. The number of anilines is 2. The lowest BCUT2D eigenvalue weighted by molar-refractivity contribution is 0.925. The molecule has 0 amide bonds. The van der Waals surface area contributed by atoms with Crippen LogP contribution in [0.3, 0.4) is 0 Å². The van der Waals surface area contributed by atoms with Crippen molar-refractivity contribution in [2.75, 3.05) is 24.3 Å². The van der Waals surface area contributed by atoms with Gasteiger partial charge in [0.05, 0.1) is 0 Å². The maximum absolute atomic E-state index is 5.32. The van der Waals surface area contributed by atoms with E-state index in [4.69, 9.17) is 12.2 Å². The highest BCUT2D eigenvalue weighted by molar-refractivity contribution is 14.1. The number of hydrogen-bond donors (Lipinski definition) is 2. The number of thiocarbonyl (C=S) groups is 1. The van der Waals surface area contributed by atoms with Gasteiger partial charge in [-0.3, -0.25) is 0 Å². The molecule has 21 heavy (non-hydrogen) atoms. The van der Waals surface area contributed by atoms with Gasteiger partial charge in [-0.15, -0.1) is 0 Å². The zero-order chi connectivity index (χ0) is 15.2. The van der Waals surface area contributed by atoms with Gasteiger partial charge in [-0.2, -0.15) is 0 Å². The van der Waals surface area contributed by atoms with Crippen molar-refractivity contribution in [1.82, 2.24) is 5.32 Å². The second-order valence-electron chi connectivity index (χ2n) is 4.88. The second-order valence-corrected chi connectivity index (χ2v) is 6.53. The van der Waals surface area contributed by atoms with Crippen molar-refractivity contribution in [3.8, 4) is 0 Å². The lowest BCUT2D eigenvalue weighted by Gasteiger charge is -2.14. The summed E-state index contributed by atoms with van der Waals surface area (Å²) in [6.45, 7) is 0.721. The number of hydrogen-bond acceptors (Lipinski definition) is 2. The van der Waals surface area contributed by atoms with E-state index in [9.17, 15) is 0 Å². The molecule has 2 aromatic rings. The van der Waals surface area contributed by atoms with Crippen LogP contribution in [0.5, 0.6) is 0 Å². The Bertz CT molecular complexity index is 611. The molecule has 2 rings (SSSR count). The van der Waals surface area contributed by atoms with Crippen LogP contribution in [0.25, 0.3) is 0 Å². The molecule has 2 aromatic carbocycles. The van der Waals surface area contributed by atoms with Gasteiger partial charge in [0.25, 0.3) is 0 Å². The Balaban J connectivity index is 1.87. The van der Waals surface area contributed by atoms with E-state index in [1.54, 1.807) is 0 Å². The predicted octanol–water partition coefficient (Wildman–Crippen LogP) is 3.84. The summed E-state index contributed by atoms with van der Waals surface area (Å²) >= 11 is 7.63. The van der Waals surface area contributed by atoms with E-state index in [1.807, 2.05) is 26.2 Å². The van der Waals surface area contributed by atoms with Crippen molar-refractivity contribution in [3.63, 3.8) is 0 Å². The van der Waals surface area contributed by atoms with E-state index in [0.29, 0.717) is 5.11 Å². The van der Waals surface area contributed by atoms with Crippen molar-refractivity contribution in [2.45, 2.75) is 6.54 Å². The Morgan fingerprint density at radius 1 is 1.14 bits per heavy atom. The summed E-state index contributed by atoms with van der Waals surface area (Å²) in [6.07, 6.45) is 0. The van der Waals surface area contributed by atoms with E-state index >= 15 is 0 Å². The van der Waals surface area contributed by atoms with E-state index in [-0.39, 0.29) is 0 Å². The highest BCUT2D eigenvalue weighted by Crippen LogP contribution is 2.15. The van der Waals surface area contributed by atoms with Crippen LogP contribution < -0.4 is 15.5 Å². The van der Waals surface area contributed by atoms with Gasteiger partial charge in [0.1, 0.15) is 0 Å². The van der Waals surface area contributed by atoms with Crippen molar-refractivity contribution in [2.24, 2.45) is 0 Å². The molecule has 0 bridgehead atoms. The van der Waals surface area contributed by atoms with Crippen LogP contribution in [-0.2, 0) is 6.54 Å². The summed E-state index contributed by atoms with van der Waals surface area (Å²) in [7, 11) is 4.05. The van der Waals surface area contributed by atoms with Crippen LogP contribution in [0.2, 0.25) is 0 Å². The number of rotatable bonds is 4. The summed E-state index contributed by atoms with van der Waals surface area (Å²) in [5.74, 6) is 0. The molecule has 0 aromatic heterocycles. The molecule has 0 aliphatic rings. The summed E-state index contributed by atoms with van der Waals surface area (Å²) in [6, 6.07) is 16.5. The fourth-order valence-electron chi connectivity index (χ4n) is 1.85. The first-order valence-electron chi connectivity index (χ1n) is 6.61. The minimum absolute atomic E-state index is 0.631. The highest BCUT2D eigenvalue weighted by Gasteiger charge is 2.00. The number of nitrogens with one attached hydrogen (secondary N) is 2. The molecule has 3 nitrogen and oxygen atoms in total. The molecule has 0 aliphatic carbocycles. The largest absolute Gasteiger partial charge is 0.378 e. The Labute approximate surface area is 144 Å². The quantitative estimate of drug-likeness (QED) is 0.591. The van der Waals surface area contributed by atoms with Crippen molar-refractivity contribution in [3.05, 3.63) is 57.7 Å². The molecule has 0 unspecified atom stereocenters. The van der Waals surface area contributed by atoms with Gasteiger partial charge in [-0.1, -0.05) is 12.1 Å². The van der Waals surface area contributed by atoms with Gasteiger partial charge in [-0.05, 0) is 76.8 Å². The van der Waals surface area contributed by atoms with Crippen LogP contribution >= 0.6 is 34.8 Å². The molecule has 0 fully saturated rings. The first-order valence-corrected chi connectivity index (χ1v) is 8.10. The Kier molecular flexibility index (Phi) is 5.81. The third-order valence-electron chi connectivity index (χ3n) is 2.98. The molecule has 0 saturated carbocycles. The molecule has 110 valence electrons. The van der Waals surface area contributed by atoms with E-state index in [0.717, 1.165) is 12.2 Å². The maximum atomic E-state index is 5.32. The standard InChI is InChI=1S/C16H18IN3S/c1-20(2)15-8-6-14(7-9-15)19-16(21)18-11-12-4-3-5-13(17)10-12/h3-10H,11H2,1-2H3,(H2,18,19,21). The number of benzene rings is 2. The third-order valence-corrected chi connectivity index (χ3v) is 3.90. The fraction of sp³-hybridized carbons (Fsp3) is 0.188. The number of nitrogens with zero attached hydrogens (tertiary/aromatic N) is 1. The van der Waals surface area contributed by atoms with Gasteiger partial charge >= 0.3 is 0 Å². The lowest BCUT2D eigenvalue weighted by Crippen LogP contribution is -2.27. The Morgan fingerprint density at radius 3 is 2.48 bits per heavy atom. The molecule has 0 spiro atoms. The monoisotopic (exact) mass is 411 g/mol.